The fourth-order valence-corrected chi connectivity index (χ4v) is 2.21. The number of aliphatic hydroxyl groups is 1. The molecule has 0 aliphatic rings. The smallest absolute Gasteiger partial charge is 0.224 e. The lowest BCUT2D eigenvalue weighted by Gasteiger charge is -2.07. The van der Waals surface area contributed by atoms with Gasteiger partial charge in [-0.05, 0) is 31.9 Å². The third-order valence-corrected chi connectivity index (χ3v) is 3.25. The van der Waals surface area contributed by atoms with Gasteiger partial charge in [0.1, 0.15) is 0 Å². The number of amides is 1. The normalized spacial score (nSPS) is 12.6. The SMILES string of the molecule is Cc1[nH]c2ccccc2c1CC(=O)NCCC(C)O. The van der Waals surface area contributed by atoms with Gasteiger partial charge in [0, 0.05) is 23.1 Å². The van der Waals surface area contributed by atoms with Gasteiger partial charge in [0.25, 0.3) is 0 Å². The molecule has 0 saturated carbocycles. The molecule has 3 N–H and O–H groups in total. The summed E-state index contributed by atoms with van der Waals surface area (Å²) in [6.07, 6.45) is 0.573. The molecule has 0 radical (unpaired) electrons. The van der Waals surface area contributed by atoms with E-state index in [0.29, 0.717) is 19.4 Å². The van der Waals surface area contributed by atoms with Crippen LogP contribution in [-0.2, 0) is 11.2 Å². The highest BCUT2D eigenvalue weighted by molar-refractivity contribution is 5.90. The van der Waals surface area contributed by atoms with Gasteiger partial charge in [-0.25, -0.2) is 0 Å². The average Bonchev–Trinajstić information content (AvgIpc) is 2.66. The molecule has 1 aromatic carbocycles. The number of nitrogens with one attached hydrogen (secondary N) is 2. The van der Waals surface area contributed by atoms with E-state index >= 15 is 0 Å². The second-order valence-corrected chi connectivity index (χ2v) is 4.94. The van der Waals surface area contributed by atoms with Gasteiger partial charge in [0.2, 0.25) is 5.91 Å². The number of aromatic amines is 1. The number of aliphatic hydroxyl groups excluding tert-OH is 1. The summed E-state index contributed by atoms with van der Waals surface area (Å²) in [7, 11) is 0. The van der Waals surface area contributed by atoms with Gasteiger partial charge >= 0.3 is 0 Å². The van der Waals surface area contributed by atoms with Crippen LogP contribution in [0.3, 0.4) is 0 Å². The molecule has 1 heterocycles. The van der Waals surface area contributed by atoms with E-state index in [2.05, 4.69) is 10.3 Å². The van der Waals surface area contributed by atoms with Crippen molar-refractivity contribution >= 4 is 16.8 Å². The molecule has 1 aromatic heterocycles. The van der Waals surface area contributed by atoms with Crippen molar-refractivity contribution in [2.24, 2.45) is 0 Å². The molecular formula is C15H20N2O2. The number of hydrogen-bond acceptors (Lipinski definition) is 2. The molecule has 0 saturated heterocycles. The summed E-state index contributed by atoms with van der Waals surface area (Å²) >= 11 is 0. The molecule has 2 aromatic rings. The molecule has 0 bridgehead atoms. The molecule has 0 fully saturated rings. The van der Waals surface area contributed by atoms with E-state index in [4.69, 9.17) is 5.11 Å². The maximum absolute atomic E-state index is 11.9. The fraction of sp³-hybridized carbons (Fsp3) is 0.400. The van der Waals surface area contributed by atoms with Crippen LogP contribution in [0.5, 0.6) is 0 Å². The third-order valence-electron chi connectivity index (χ3n) is 3.25. The van der Waals surface area contributed by atoms with Crippen molar-refractivity contribution in [2.75, 3.05) is 6.54 Å². The largest absolute Gasteiger partial charge is 0.393 e. The number of aryl methyl sites for hydroxylation is 1. The van der Waals surface area contributed by atoms with Crippen molar-refractivity contribution in [1.82, 2.24) is 10.3 Å². The summed E-state index contributed by atoms with van der Waals surface area (Å²) < 4.78 is 0. The van der Waals surface area contributed by atoms with Crippen LogP contribution in [0.25, 0.3) is 10.9 Å². The van der Waals surface area contributed by atoms with E-state index < -0.39 is 0 Å². The first-order valence-corrected chi connectivity index (χ1v) is 6.59. The Balaban J connectivity index is 2.04. The monoisotopic (exact) mass is 260 g/mol. The lowest BCUT2D eigenvalue weighted by molar-refractivity contribution is -0.120. The summed E-state index contributed by atoms with van der Waals surface area (Å²) in [5.41, 5.74) is 3.14. The quantitative estimate of drug-likeness (QED) is 0.769. The fourth-order valence-electron chi connectivity index (χ4n) is 2.21. The molecule has 19 heavy (non-hydrogen) atoms. The number of fused-ring (bicyclic) bond motifs is 1. The Morgan fingerprint density at radius 3 is 2.89 bits per heavy atom. The lowest BCUT2D eigenvalue weighted by atomic mass is 10.1. The number of para-hydroxylation sites is 1. The molecule has 1 atom stereocenters. The molecule has 0 aliphatic carbocycles. The van der Waals surface area contributed by atoms with E-state index in [0.717, 1.165) is 22.2 Å². The zero-order valence-corrected chi connectivity index (χ0v) is 11.4. The first-order chi connectivity index (χ1) is 9.08. The Labute approximate surface area is 112 Å². The molecule has 0 spiro atoms. The Hall–Kier alpha value is -1.81. The van der Waals surface area contributed by atoms with Gasteiger partial charge in [-0.2, -0.15) is 0 Å². The second kappa shape index (κ2) is 5.89. The van der Waals surface area contributed by atoms with Crippen LogP contribution in [0.2, 0.25) is 0 Å². The molecule has 1 amide bonds. The third kappa shape index (κ3) is 3.35. The molecule has 4 nitrogen and oxygen atoms in total. The molecule has 4 heteroatoms. The van der Waals surface area contributed by atoms with Crippen LogP contribution in [0.4, 0.5) is 0 Å². The summed E-state index contributed by atoms with van der Waals surface area (Å²) in [5.74, 6) is -0.00602. The topological polar surface area (TPSA) is 65.1 Å². The maximum atomic E-state index is 11.9. The molecule has 1 unspecified atom stereocenters. The number of rotatable bonds is 5. The van der Waals surface area contributed by atoms with Crippen molar-refractivity contribution in [3.8, 4) is 0 Å². The van der Waals surface area contributed by atoms with Crippen LogP contribution in [-0.4, -0.2) is 28.6 Å². The minimum absolute atomic E-state index is 0.00602. The minimum Gasteiger partial charge on any atom is -0.393 e. The van der Waals surface area contributed by atoms with Gasteiger partial charge in [0.05, 0.1) is 12.5 Å². The van der Waals surface area contributed by atoms with E-state index in [9.17, 15) is 4.79 Å². The van der Waals surface area contributed by atoms with Gasteiger partial charge < -0.3 is 15.4 Å². The summed E-state index contributed by atoms with van der Waals surface area (Å²) in [6, 6.07) is 7.99. The second-order valence-electron chi connectivity index (χ2n) is 4.94. The zero-order chi connectivity index (χ0) is 13.8. The van der Waals surface area contributed by atoms with E-state index in [1.807, 2.05) is 31.2 Å². The Kier molecular flexibility index (Phi) is 4.22. The Bertz CT molecular complexity index is 573. The summed E-state index contributed by atoms with van der Waals surface area (Å²) in [6.45, 7) is 4.21. The maximum Gasteiger partial charge on any atom is 0.224 e. The van der Waals surface area contributed by atoms with E-state index in [-0.39, 0.29) is 12.0 Å². The lowest BCUT2D eigenvalue weighted by Crippen LogP contribution is -2.28. The Morgan fingerprint density at radius 2 is 2.16 bits per heavy atom. The summed E-state index contributed by atoms with van der Waals surface area (Å²) in [5, 5.41) is 13.1. The van der Waals surface area contributed by atoms with Crippen molar-refractivity contribution in [3.05, 3.63) is 35.5 Å². The Morgan fingerprint density at radius 1 is 1.42 bits per heavy atom. The first-order valence-electron chi connectivity index (χ1n) is 6.59. The standard InChI is InChI=1S/C15H20N2O2/c1-10(18)7-8-16-15(19)9-13-11(2)17-14-6-4-3-5-12(13)14/h3-6,10,17-18H,7-9H2,1-2H3,(H,16,19). The van der Waals surface area contributed by atoms with Gasteiger partial charge in [-0.15, -0.1) is 0 Å². The molecule has 102 valence electrons. The van der Waals surface area contributed by atoms with Crippen molar-refractivity contribution < 1.29 is 9.90 Å². The predicted molar refractivity (Wildman–Crippen MR) is 76.0 cm³/mol. The van der Waals surface area contributed by atoms with E-state index in [1.54, 1.807) is 6.92 Å². The molecule has 2 rings (SSSR count). The number of carbonyl (C=O) groups excluding carboxylic acids is 1. The molecular weight excluding hydrogens is 240 g/mol. The highest BCUT2D eigenvalue weighted by atomic mass is 16.3. The van der Waals surface area contributed by atoms with Crippen LogP contribution in [0.15, 0.2) is 24.3 Å². The van der Waals surface area contributed by atoms with Crippen LogP contribution < -0.4 is 5.32 Å². The van der Waals surface area contributed by atoms with Gasteiger partial charge in [0.15, 0.2) is 0 Å². The number of H-pyrrole nitrogens is 1. The van der Waals surface area contributed by atoms with Crippen molar-refractivity contribution in [1.29, 1.82) is 0 Å². The van der Waals surface area contributed by atoms with Gasteiger partial charge in [-0.3, -0.25) is 4.79 Å². The number of aromatic nitrogens is 1. The van der Waals surface area contributed by atoms with Crippen LogP contribution in [0, 0.1) is 6.92 Å². The van der Waals surface area contributed by atoms with Crippen molar-refractivity contribution in [2.45, 2.75) is 32.8 Å². The van der Waals surface area contributed by atoms with Crippen LogP contribution in [0.1, 0.15) is 24.6 Å². The summed E-state index contributed by atoms with van der Waals surface area (Å²) in [4.78, 5) is 15.2. The molecule has 0 aliphatic heterocycles. The number of benzene rings is 1. The van der Waals surface area contributed by atoms with Gasteiger partial charge in [-0.1, -0.05) is 18.2 Å². The van der Waals surface area contributed by atoms with E-state index in [1.165, 1.54) is 0 Å². The van der Waals surface area contributed by atoms with Crippen LogP contribution >= 0.6 is 0 Å². The minimum atomic E-state index is -0.380. The average molecular weight is 260 g/mol. The first kappa shape index (κ1) is 13.6. The predicted octanol–water partition coefficient (Wildman–Crippen LogP) is 1.91. The highest BCUT2D eigenvalue weighted by Gasteiger charge is 2.11. The zero-order valence-electron chi connectivity index (χ0n) is 11.4. The highest BCUT2D eigenvalue weighted by Crippen LogP contribution is 2.22. The number of hydrogen-bond donors (Lipinski definition) is 3. The number of carbonyl (C=O) groups is 1. The van der Waals surface area contributed by atoms with Crippen molar-refractivity contribution in [3.63, 3.8) is 0 Å².